The normalized spacial score (nSPS) is 22.5. The number of methoxy groups -OCH3 is 1. The van der Waals surface area contributed by atoms with Crippen molar-refractivity contribution in [2.75, 3.05) is 53.4 Å². The first kappa shape index (κ1) is 19.7. The summed E-state index contributed by atoms with van der Waals surface area (Å²) >= 11 is 0. The SMILES string of the molecule is COc1cc(C)c(CN2CCC([C@@H](C)N3CCN(C)CC3)CC2)cc1C. The lowest BCUT2D eigenvalue weighted by Gasteiger charge is -2.42. The van der Waals surface area contributed by atoms with Crippen LogP contribution in [-0.4, -0.2) is 74.2 Å². The van der Waals surface area contributed by atoms with Gasteiger partial charge in [0, 0.05) is 38.8 Å². The number of nitrogens with zero attached hydrogens (tertiary/aromatic N) is 3. The predicted octanol–water partition coefficient (Wildman–Crippen LogP) is 3.16. The number of piperidine rings is 1. The second-order valence-corrected chi connectivity index (χ2v) is 8.44. The van der Waals surface area contributed by atoms with Gasteiger partial charge in [0.1, 0.15) is 5.75 Å². The molecule has 2 heterocycles. The van der Waals surface area contributed by atoms with Gasteiger partial charge in [0.05, 0.1) is 7.11 Å². The van der Waals surface area contributed by atoms with Gasteiger partial charge in [-0.3, -0.25) is 9.80 Å². The summed E-state index contributed by atoms with van der Waals surface area (Å²) in [4.78, 5) is 7.81. The van der Waals surface area contributed by atoms with Crippen molar-refractivity contribution < 1.29 is 4.74 Å². The molecule has 0 radical (unpaired) electrons. The third-order valence-corrected chi connectivity index (χ3v) is 6.68. The standard InChI is InChI=1S/C22H37N3O/c1-17-15-22(26-5)18(2)14-21(17)16-24-8-6-20(7-9-24)19(3)25-12-10-23(4)11-13-25/h14-15,19-20H,6-13,16H2,1-5H3/t19-/m1/s1. The van der Waals surface area contributed by atoms with Crippen LogP contribution in [-0.2, 0) is 6.54 Å². The molecule has 26 heavy (non-hydrogen) atoms. The molecule has 4 heteroatoms. The number of hydrogen-bond donors (Lipinski definition) is 0. The Morgan fingerprint density at radius 1 is 1.00 bits per heavy atom. The summed E-state index contributed by atoms with van der Waals surface area (Å²) < 4.78 is 5.45. The first-order chi connectivity index (χ1) is 12.5. The minimum Gasteiger partial charge on any atom is -0.496 e. The fourth-order valence-electron chi connectivity index (χ4n) is 4.60. The van der Waals surface area contributed by atoms with Gasteiger partial charge in [0.25, 0.3) is 0 Å². The summed E-state index contributed by atoms with van der Waals surface area (Å²) in [6.45, 7) is 15.3. The third kappa shape index (κ3) is 4.59. The maximum Gasteiger partial charge on any atom is 0.122 e. The lowest BCUT2D eigenvalue weighted by Crippen LogP contribution is -2.51. The van der Waals surface area contributed by atoms with Gasteiger partial charge >= 0.3 is 0 Å². The molecule has 0 unspecified atom stereocenters. The van der Waals surface area contributed by atoms with Crippen molar-refractivity contribution in [3.05, 3.63) is 28.8 Å². The van der Waals surface area contributed by atoms with Crippen molar-refractivity contribution >= 4 is 0 Å². The van der Waals surface area contributed by atoms with Crippen LogP contribution in [0.5, 0.6) is 5.75 Å². The van der Waals surface area contributed by atoms with Gasteiger partial charge in [-0.1, -0.05) is 6.07 Å². The van der Waals surface area contributed by atoms with E-state index in [1.54, 1.807) is 7.11 Å². The largest absolute Gasteiger partial charge is 0.496 e. The van der Waals surface area contributed by atoms with Crippen molar-refractivity contribution in [3.63, 3.8) is 0 Å². The molecule has 1 aromatic rings. The zero-order valence-corrected chi connectivity index (χ0v) is 17.4. The van der Waals surface area contributed by atoms with Crippen LogP contribution in [0, 0.1) is 19.8 Å². The van der Waals surface area contributed by atoms with E-state index in [1.807, 2.05) is 0 Å². The van der Waals surface area contributed by atoms with E-state index in [2.05, 4.69) is 54.7 Å². The zero-order valence-electron chi connectivity index (χ0n) is 17.4. The summed E-state index contributed by atoms with van der Waals surface area (Å²) in [5.41, 5.74) is 4.04. The lowest BCUT2D eigenvalue weighted by molar-refractivity contribution is 0.0598. The van der Waals surface area contributed by atoms with Gasteiger partial charge in [-0.15, -0.1) is 0 Å². The van der Waals surface area contributed by atoms with Crippen molar-refractivity contribution in [1.82, 2.24) is 14.7 Å². The minimum absolute atomic E-state index is 0.732. The highest BCUT2D eigenvalue weighted by molar-refractivity contribution is 5.41. The molecule has 0 amide bonds. The molecule has 0 saturated carbocycles. The molecule has 146 valence electrons. The average molecular weight is 360 g/mol. The van der Waals surface area contributed by atoms with Gasteiger partial charge in [-0.2, -0.15) is 0 Å². The summed E-state index contributed by atoms with van der Waals surface area (Å²) in [7, 11) is 4.00. The van der Waals surface area contributed by atoms with E-state index in [1.165, 1.54) is 68.8 Å². The Labute approximate surface area is 160 Å². The van der Waals surface area contributed by atoms with Crippen LogP contribution in [0.1, 0.15) is 36.5 Å². The second-order valence-electron chi connectivity index (χ2n) is 8.44. The molecule has 2 aliphatic heterocycles. The van der Waals surface area contributed by atoms with Crippen LogP contribution in [0.25, 0.3) is 0 Å². The number of likely N-dealkylation sites (N-methyl/N-ethyl adjacent to an activating group) is 1. The molecular formula is C22H37N3O. The Balaban J connectivity index is 1.52. The highest BCUT2D eigenvalue weighted by Crippen LogP contribution is 2.28. The number of ether oxygens (including phenoxy) is 1. The number of likely N-dealkylation sites (tertiary alicyclic amines) is 1. The molecule has 0 aromatic heterocycles. The molecule has 0 bridgehead atoms. The van der Waals surface area contributed by atoms with Crippen molar-refractivity contribution in [1.29, 1.82) is 0 Å². The smallest absolute Gasteiger partial charge is 0.122 e. The van der Waals surface area contributed by atoms with Crippen LogP contribution in [0.3, 0.4) is 0 Å². The molecule has 0 spiro atoms. The maximum atomic E-state index is 5.45. The van der Waals surface area contributed by atoms with Gasteiger partial charge in [0.15, 0.2) is 0 Å². The highest BCUT2D eigenvalue weighted by Gasteiger charge is 2.29. The van der Waals surface area contributed by atoms with Gasteiger partial charge in [-0.05, 0) is 82.4 Å². The van der Waals surface area contributed by atoms with Gasteiger partial charge in [0.2, 0.25) is 0 Å². The number of benzene rings is 1. The third-order valence-electron chi connectivity index (χ3n) is 6.68. The molecule has 1 atom stereocenters. The topological polar surface area (TPSA) is 19.0 Å². The minimum atomic E-state index is 0.732. The van der Waals surface area contributed by atoms with Crippen LogP contribution in [0.4, 0.5) is 0 Å². The molecular weight excluding hydrogens is 322 g/mol. The summed E-state index contributed by atoms with van der Waals surface area (Å²) in [6, 6.07) is 5.23. The molecule has 1 aromatic carbocycles. The van der Waals surface area contributed by atoms with Crippen molar-refractivity contribution in [3.8, 4) is 5.75 Å². The van der Waals surface area contributed by atoms with Crippen molar-refractivity contribution in [2.24, 2.45) is 5.92 Å². The summed E-state index contributed by atoms with van der Waals surface area (Å²) in [6.07, 6.45) is 2.67. The van der Waals surface area contributed by atoms with E-state index < -0.39 is 0 Å². The zero-order chi connectivity index (χ0) is 18.7. The quantitative estimate of drug-likeness (QED) is 0.804. The van der Waals surface area contributed by atoms with Crippen molar-refractivity contribution in [2.45, 2.75) is 46.2 Å². The molecule has 2 fully saturated rings. The number of hydrogen-bond acceptors (Lipinski definition) is 4. The number of piperazine rings is 1. The van der Waals surface area contributed by atoms with E-state index in [9.17, 15) is 0 Å². The fraction of sp³-hybridized carbons (Fsp3) is 0.727. The Hall–Kier alpha value is -1.10. The average Bonchev–Trinajstić information content (AvgIpc) is 2.65. The summed E-state index contributed by atoms with van der Waals surface area (Å²) in [5, 5.41) is 0. The Morgan fingerprint density at radius 3 is 2.27 bits per heavy atom. The van der Waals surface area contributed by atoms with E-state index in [4.69, 9.17) is 4.74 Å². The summed E-state index contributed by atoms with van der Waals surface area (Å²) in [5.74, 6) is 1.86. The number of aryl methyl sites for hydroxylation is 2. The maximum absolute atomic E-state index is 5.45. The van der Waals surface area contributed by atoms with Crippen LogP contribution in [0.2, 0.25) is 0 Å². The number of rotatable bonds is 5. The van der Waals surface area contributed by atoms with E-state index in [0.717, 1.165) is 24.3 Å². The monoisotopic (exact) mass is 359 g/mol. The molecule has 0 aliphatic carbocycles. The molecule has 3 rings (SSSR count). The Morgan fingerprint density at radius 2 is 1.65 bits per heavy atom. The second kappa shape index (κ2) is 8.73. The van der Waals surface area contributed by atoms with Crippen LogP contribution < -0.4 is 4.74 Å². The fourth-order valence-corrected chi connectivity index (χ4v) is 4.60. The molecule has 4 nitrogen and oxygen atoms in total. The first-order valence-electron chi connectivity index (χ1n) is 10.3. The van der Waals surface area contributed by atoms with E-state index in [0.29, 0.717) is 0 Å². The first-order valence-corrected chi connectivity index (χ1v) is 10.3. The van der Waals surface area contributed by atoms with Crippen LogP contribution in [0.15, 0.2) is 12.1 Å². The lowest BCUT2D eigenvalue weighted by atomic mass is 9.88. The Bertz CT molecular complexity index is 587. The van der Waals surface area contributed by atoms with Crippen LogP contribution >= 0.6 is 0 Å². The Kier molecular flexibility index (Phi) is 6.60. The van der Waals surface area contributed by atoms with E-state index >= 15 is 0 Å². The molecule has 2 aliphatic rings. The van der Waals surface area contributed by atoms with Gasteiger partial charge in [-0.25, -0.2) is 0 Å². The molecule has 0 N–H and O–H groups in total. The van der Waals surface area contributed by atoms with Gasteiger partial charge < -0.3 is 9.64 Å². The highest BCUT2D eigenvalue weighted by atomic mass is 16.5. The van der Waals surface area contributed by atoms with E-state index in [-0.39, 0.29) is 0 Å². The molecule has 2 saturated heterocycles. The predicted molar refractivity (Wildman–Crippen MR) is 109 cm³/mol.